The molecular weight excluding hydrogens is 490 g/mol. The average molecular weight is 512 g/mol. The van der Waals surface area contributed by atoms with Gasteiger partial charge in [-0.15, -0.1) is 4.91 Å². The Bertz CT molecular complexity index is 1160. The largest absolute Gasteiger partial charge is 0.473 e. The number of fused-ring (bicyclic) bond motifs is 2. The smallest absolute Gasteiger partial charge is 0.417 e. The van der Waals surface area contributed by atoms with Gasteiger partial charge in [-0.25, -0.2) is 9.37 Å². The number of nitroso groups, excluding NO2 is 1. The molecule has 3 fully saturated rings. The molecule has 6 nitrogen and oxygen atoms in total. The normalized spacial score (nSPS) is 24.4. The molecule has 3 atom stereocenters. The van der Waals surface area contributed by atoms with E-state index in [1.54, 1.807) is 0 Å². The van der Waals surface area contributed by atoms with Crippen LogP contribution in [0.1, 0.15) is 71.5 Å². The van der Waals surface area contributed by atoms with Crippen LogP contribution in [0.25, 0.3) is 0 Å². The van der Waals surface area contributed by atoms with Crippen LogP contribution in [-0.2, 0) is 12.7 Å². The molecule has 1 aromatic carbocycles. The van der Waals surface area contributed by atoms with Gasteiger partial charge >= 0.3 is 12.1 Å². The Morgan fingerprint density at radius 2 is 1.83 bits per heavy atom. The standard InChI is InChI=1S/C24H22ClF4N3O3/c25-20-6-14(24(27,28)29)10-30-23(20)35-17-7-15-3-4-16(8-17)32(15)11-13-5-21(26)19(22(33)31-34)9-18(13)12-1-2-12/h5-6,9-10,12,15-17H,1-4,7-8,11H2/t15-,16+,17?. The maximum Gasteiger partial charge on any atom is 0.417 e. The van der Waals surface area contributed by atoms with Crippen LogP contribution in [0.4, 0.5) is 17.6 Å². The maximum absolute atomic E-state index is 14.6. The van der Waals surface area contributed by atoms with Crippen molar-refractivity contribution >= 4 is 17.5 Å². The van der Waals surface area contributed by atoms with Crippen LogP contribution in [-0.4, -0.2) is 34.0 Å². The Morgan fingerprint density at radius 1 is 1.14 bits per heavy atom. The third kappa shape index (κ3) is 4.91. The number of hydrogen-bond acceptors (Lipinski definition) is 5. The Labute approximate surface area is 203 Å². The lowest BCUT2D eigenvalue weighted by molar-refractivity contribution is -0.137. The van der Waals surface area contributed by atoms with Crippen LogP contribution in [0.3, 0.4) is 0 Å². The van der Waals surface area contributed by atoms with Gasteiger partial charge in [-0.3, -0.25) is 9.69 Å². The molecule has 2 saturated heterocycles. The molecule has 35 heavy (non-hydrogen) atoms. The summed E-state index contributed by atoms with van der Waals surface area (Å²) in [5, 5.41) is 2.18. The average Bonchev–Trinajstić information content (AvgIpc) is 3.61. The molecule has 0 radical (unpaired) electrons. The number of hydrogen-bond donors (Lipinski definition) is 0. The van der Waals surface area contributed by atoms with Gasteiger partial charge in [0.2, 0.25) is 5.88 Å². The number of rotatable bonds is 6. The zero-order chi connectivity index (χ0) is 24.9. The van der Waals surface area contributed by atoms with Crippen LogP contribution in [0.15, 0.2) is 29.6 Å². The number of piperidine rings is 1. The van der Waals surface area contributed by atoms with E-state index in [1.807, 2.05) is 0 Å². The molecule has 2 aliphatic heterocycles. The third-order valence-corrected chi connectivity index (χ3v) is 7.44. The first-order chi connectivity index (χ1) is 16.6. The molecule has 1 aromatic heterocycles. The number of benzene rings is 1. The summed E-state index contributed by atoms with van der Waals surface area (Å²) >= 11 is 6.01. The zero-order valence-corrected chi connectivity index (χ0v) is 19.3. The Hall–Kier alpha value is -2.59. The van der Waals surface area contributed by atoms with E-state index in [9.17, 15) is 27.3 Å². The van der Waals surface area contributed by atoms with E-state index in [-0.39, 0.29) is 40.6 Å². The van der Waals surface area contributed by atoms with Crippen molar-refractivity contribution < 1.29 is 27.1 Å². The van der Waals surface area contributed by atoms with Crippen molar-refractivity contribution in [2.24, 2.45) is 5.18 Å². The molecule has 3 heterocycles. The maximum atomic E-state index is 14.6. The van der Waals surface area contributed by atoms with Crippen LogP contribution in [0.5, 0.6) is 5.88 Å². The highest BCUT2D eigenvalue weighted by Gasteiger charge is 2.42. The molecular formula is C24H22ClF4N3O3. The highest BCUT2D eigenvalue weighted by Crippen LogP contribution is 2.45. The highest BCUT2D eigenvalue weighted by molar-refractivity contribution is 6.31. The van der Waals surface area contributed by atoms with Crippen molar-refractivity contribution in [2.45, 2.75) is 75.4 Å². The predicted molar refractivity (Wildman–Crippen MR) is 119 cm³/mol. The molecule has 11 heteroatoms. The zero-order valence-electron chi connectivity index (χ0n) is 18.5. The van der Waals surface area contributed by atoms with E-state index in [2.05, 4.69) is 15.1 Å². The van der Waals surface area contributed by atoms with Crippen LogP contribution >= 0.6 is 11.6 Å². The highest BCUT2D eigenvalue weighted by atomic mass is 35.5. The molecule has 2 bridgehead atoms. The summed E-state index contributed by atoms with van der Waals surface area (Å²) in [6.07, 6.45) is 0.960. The van der Waals surface area contributed by atoms with Gasteiger partial charge in [-0.05, 0) is 73.8 Å². The number of ether oxygens (including phenoxy) is 1. The van der Waals surface area contributed by atoms with E-state index >= 15 is 0 Å². The molecule has 3 aliphatic rings. The SMILES string of the molecule is O=NC(=O)c1cc(C2CC2)c(CN2[C@@H]3CC[C@H]2CC(Oc2ncc(C(F)(F)F)cc2Cl)C3)cc1F. The van der Waals surface area contributed by atoms with E-state index in [0.717, 1.165) is 42.9 Å². The lowest BCUT2D eigenvalue weighted by atomic mass is 9.95. The number of carbonyl (C=O) groups is 1. The Balaban J connectivity index is 1.30. The number of amides is 1. The number of aromatic nitrogens is 1. The molecule has 5 rings (SSSR count). The fourth-order valence-corrected chi connectivity index (χ4v) is 5.57. The summed E-state index contributed by atoms with van der Waals surface area (Å²) in [7, 11) is 0. The van der Waals surface area contributed by atoms with Crippen LogP contribution < -0.4 is 4.74 Å². The molecule has 1 unspecified atom stereocenters. The van der Waals surface area contributed by atoms with Gasteiger partial charge < -0.3 is 4.74 Å². The molecule has 186 valence electrons. The van der Waals surface area contributed by atoms with Gasteiger partial charge in [0.25, 0.3) is 0 Å². The van der Waals surface area contributed by atoms with Gasteiger partial charge in [0, 0.05) is 30.0 Å². The van der Waals surface area contributed by atoms with Crippen molar-refractivity contribution in [3.05, 3.63) is 62.4 Å². The van der Waals surface area contributed by atoms with E-state index < -0.39 is 23.5 Å². The molecule has 0 N–H and O–H groups in total. The molecule has 1 saturated carbocycles. The molecule has 0 spiro atoms. The predicted octanol–water partition coefficient (Wildman–Crippen LogP) is 6.25. The van der Waals surface area contributed by atoms with Crippen molar-refractivity contribution in [3.8, 4) is 5.88 Å². The third-order valence-electron chi connectivity index (χ3n) is 7.17. The molecule has 1 aliphatic carbocycles. The van der Waals surface area contributed by atoms with Gasteiger partial charge in [0.05, 0.1) is 11.1 Å². The first kappa shape index (κ1) is 24.1. The summed E-state index contributed by atoms with van der Waals surface area (Å²) < 4.78 is 59.1. The second kappa shape index (κ2) is 9.13. The van der Waals surface area contributed by atoms with Gasteiger partial charge in [0.15, 0.2) is 0 Å². The second-order valence-corrected chi connectivity index (χ2v) is 9.89. The quantitative estimate of drug-likeness (QED) is 0.338. The van der Waals surface area contributed by atoms with Crippen LogP contribution in [0.2, 0.25) is 5.02 Å². The Morgan fingerprint density at radius 3 is 2.40 bits per heavy atom. The second-order valence-electron chi connectivity index (χ2n) is 9.48. The summed E-state index contributed by atoms with van der Waals surface area (Å²) in [6, 6.07) is 3.94. The minimum Gasteiger partial charge on any atom is -0.473 e. The fourth-order valence-electron chi connectivity index (χ4n) is 5.36. The monoisotopic (exact) mass is 511 g/mol. The molecule has 2 aromatic rings. The topological polar surface area (TPSA) is 71.9 Å². The van der Waals surface area contributed by atoms with E-state index in [4.69, 9.17) is 16.3 Å². The first-order valence-corrected chi connectivity index (χ1v) is 11.9. The number of carbonyl (C=O) groups excluding carboxylic acids is 1. The number of pyridine rings is 1. The summed E-state index contributed by atoms with van der Waals surface area (Å²) in [4.78, 5) is 28.4. The van der Waals surface area contributed by atoms with Crippen molar-refractivity contribution in [1.29, 1.82) is 0 Å². The summed E-state index contributed by atoms with van der Waals surface area (Å²) in [6.45, 7) is 0.507. The van der Waals surface area contributed by atoms with Crippen LogP contribution in [0, 0.1) is 10.7 Å². The Kier molecular flexibility index (Phi) is 6.29. The summed E-state index contributed by atoms with van der Waals surface area (Å²) in [5.41, 5.74) is 0.467. The van der Waals surface area contributed by atoms with E-state index in [0.29, 0.717) is 25.6 Å². The molecule has 1 amide bonds. The van der Waals surface area contributed by atoms with Crippen molar-refractivity contribution in [3.63, 3.8) is 0 Å². The van der Waals surface area contributed by atoms with Crippen molar-refractivity contribution in [2.75, 3.05) is 0 Å². The van der Waals surface area contributed by atoms with Gasteiger partial charge in [-0.1, -0.05) is 11.6 Å². The van der Waals surface area contributed by atoms with Gasteiger partial charge in [-0.2, -0.15) is 13.2 Å². The van der Waals surface area contributed by atoms with Crippen molar-refractivity contribution in [1.82, 2.24) is 9.88 Å². The lowest BCUT2D eigenvalue weighted by Crippen LogP contribution is -2.46. The minimum absolute atomic E-state index is 0.0142. The summed E-state index contributed by atoms with van der Waals surface area (Å²) in [5.74, 6) is -1.62. The number of nitrogens with zero attached hydrogens (tertiary/aromatic N) is 3. The van der Waals surface area contributed by atoms with E-state index in [1.165, 1.54) is 12.1 Å². The number of halogens is 5. The minimum atomic E-state index is -4.53. The first-order valence-electron chi connectivity index (χ1n) is 11.5. The van der Waals surface area contributed by atoms with Gasteiger partial charge in [0.1, 0.15) is 16.9 Å². The lowest BCUT2D eigenvalue weighted by Gasteiger charge is -2.39. The fraction of sp³-hybridized carbons (Fsp3) is 0.500. The number of alkyl halides is 3.